The fourth-order valence-electron chi connectivity index (χ4n) is 1.32. The predicted molar refractivity (Wildman–Crippen MR) is 60.7 cm³/mol. The monoisotopic (exact) mass is 193 g/mol. The number of nitrogen functional groups attached to an aromatic ring is 1. The molecule has 0 saturated carbocycles. The molecule has 0 amide bonds. The molecule has 0 unspecified atom stereocenters. The summed E-state index contributed by atoms with van der Waals surface area (Å²) in [6.07, 6.45) is 0.191. The van der Waals surface area contributed by atoms with Gasteiger partial charge in [-0.1, -0.05) is 13.8 Å². The summed E-state index contributed by atoms with van der Waals surface area (Å²) < 4.78 is 5.61. The minimum absolute atomic E-state index is 0.191. The molecular formula is C12H19NO. The van der Waals surface area contributed by atoms with Gasteiger partial charge in [0.2, 0.25) is 0 Å². The van der Waals surface area contributed by atoms with Crippen LogP contribution in [0.2, 0.25) is 0 Å². The highest BCUT2D eigenvalue weighted by atomic mass is 16.5. The molecule has 0 fully saturated rings. The highest BCUT2D eigenvalue weighted by Crippen LogP contribution is 2.24. The Balaban J connectivity index is 2.95. The molecule has 0 aromatic heterocycles. The molecule has 1 rings (SSSR count). The van der Waals surface area contributed by atoms with Gasteiger partial charge in [-0.3, -0.25) is 0 Å². The second-order valence-electron chi connectivity index (χ2n) is 4.16. The van der Waals surface area contributed by atoms with E-state index in [4.69, 9.17) is 10.5 Å². The van der Waals surface area contributed by atoms with Crippen molar-refractivity contribution in [2.45, 2.75) is 39.7 Å². The summed E-state index contributed by atoms with van der Waals surface area (Å²) in [6, 6.07) is 5.92. The van der Waals surface area contributed by atoms with E-state index in [1.54, 1.807) is 0 Å². The van der Waals surface area contributed by atoms with Crippen LogP contribution < -0.4 is 10.5 Å². The first-order chi connectivity index (χ1) is 6.49. The molecule has 1 aromatic rings. The largest absolute Gasteiger partial charge is 0.491 e. The molecule has 2 N–H and O–H groups in total. The maximum atomic E-state index is 5.79. The van der Waals surface area contributed by atoms with Crippen LogP contribution in [-0.4, -0.2) is 6.10 Å². The average molecular weight is 193 g/mol. The summed E-state index contributed by atoms with van der Waals surface area (Å²) in [5.41, 5.74) is 7.79. The van der Waals surface area contributed by atoms with Crippen molar-refractivity contribution in [3.63, 3.8) is 0 Å². The zero-order chi connectivity index (χ0) is 10.7. The number of hydrogen-bond donors (Lipinski definition) is 1. The third-order valence-electron chi connectivity index (χ3n) is 1.99. The standard InChI is InChI=1S/C12H19NO/c1-8(2)10-5-11(13)7-12(6-10)14-9(3)4/h5-9H,13H2,1-4H3. The van der Waals surface area contributed by atoms with Gasteiger partial charge in [-0.2, -0.15) is 0 Å². The molecular weight excluding hydrogens is 174 g/mol. The van der Waals surface area contributed by atoms with E-state index in [0.717, 1.165) is 11.4 Å². The van der Waals surface area contributed by atoms with Crippen molar-refractivity contribution in [1.29, 1.82) is 0 Å². The van der Waals surface area contributed by atoms with Gasteiger partial charge in [-0.25, -0.2) is 0 Å². The smallest absolute Gasteiger partial charge is 0.122 e. The van der Waals surface area contributed by atoms with E-state index >= 15 is 0 Å². The second kappa shape index (κ2) is 4.36. The SMILES string of the molecule is CC(C)Oc1cc(N)cc(C(C)C)c1. The van der Waals surface area contributed by atoms with Gasteiger partial charge in [0, 0.05) is 11.8 Å². The summed E-state index contributed by atoms with van der Waals surface area (Å²) in [7, 11) is 0. The highest BCUT2D eigenvalue weighted by Gasteiger charge is 2.04. The van der Waals surface area contributed by atoms with Gasteiger partial charge < -0.3 is 10.5 Å². The first-order valence-electron chi connectivity index (χ1n) is 5.06. The number of rotatable bonds is 3. The van der Waals surface area contributed by atoms with Crippen molar-refractivity contribution in [1.82, 2.24) is 0 Å². The number of benzene rings is 1. The van der Waals surface area contributed by atoms with Crippen molar-refractivity contribution in [3.8, 4) is 5.75 Å². The molecule has 0 aliphatic carbocycles. The van der Waals surface area contributed by atoms with Crippen LogP contribution in [0.5, 0.6) is 5.75 Å². The molecule has 1 aromatic carbocycles. The highest BCUT2D eigenvalue weighted by molar-refractivity contribution is 5.48. The van der Waals surface area contributed by atoms with Crippen LogP contribution >= 0.6 is 0 Å². The molecule has 0 bridgehead atoms. The maximum Gasteiger partial charge on any atom is 0.122 e. The molecule has 0 atom stereocenters. The van der Waals surface area contributed by atoms with Crippen LogP contribution in [0.3, 0.4) is 0 Å². The van der Waals surface area contributed by atoms with Crippen molar-refractivity contribution < 1.29 is 4.74 Å². The fraction of sp³-hybridized carbons (Fsp3) is 0.500. The van der Waals surface area contributed by atoms with Gasteiger partial charge in [-0.05, 0) is 37.5 Å². The molecule has 0 aliphatic heterocycles. The summed E-state index contributed by atoms with van der Waals surface area (Å²) in [5.74, 6) is 1.34. The lowest BCUT2D eigenvalue weighted by molar-refractivity contribution is 0.242. The Bertz CT molecular complexity index is 305. The molecule has 2 heteroatoms. The van der Waals surface area contributed by atoms with Crippen LogP contribution in [0.15, 0.2) is 18.2 Å². The van der Waals surface area contributed by atoms with E-state index in [2.05, 4.69) is 19.9 Å². The normalized spacial score (nSPS) is 11.0. The summed E-state index contributed by atoms with van der Waals surface area (Å²) in [5, 5.41) is 0. The topological polar surface area (TPSA) is 35.2 Å². The third-order valence-corrected chi connectivity index (χ3v) is 1.99. The Labute approximate surface area is 86.1 Å². The molecule has 2 nitrogen and oxygen atoms in total. The Morgan fingerprint density at radius 1 is 1.07 bits per heavy atom. The zero-order valence-corrected chi connectivity index (χ0v) is 9.37. The number of hydrogen-bond acceptors (Lipinski definition) is 2. The van der Waals surface area contributed by atoms with E-state index in [9.17, 15) is 0 Å². The van der Waals surface area contributed by atoms with Gasteiger partial charge in [0.05, 0.1) is 6.10 Å². The van der Waals surface area contributed by atoms with E-state index in [-0.39, 0.29) is 6.10 Å². The van der Waals surface area contributed by atoms with E-state index in [0.29, 0.717) is 5.92 Å². The minimum Gasteiger partial charge on any atom is -0.491 e. The van der Waals surface area contributed by atoms with E-state index < -0.39 is 0 Å². The van der Waals surface area contributed by atoms with Crippen molar-refractivity contribution in [2.24, 2.45) is 0 Å². The van der Waals surface area contributed by atoms with Gasteiger partial charge in [0.25, 0.3) is 0 Å². The lowest BCUT2D eigenvalue weighted by Gasteiger charge is -2.13. The predicted octanol–water partition coefficient (Wildman–Crippen LogP) is 3.18. The van der Waals surface area contributed by atoms with Crippen molar-refractivity contribution in [3.05, 3.63) is 23.8 Å². The molecule has 0 radical (unpaired) electrons. The second-order valence-corrected chi connectivity index (χ2v) is 4.16. The number of ether oxygens (including phenoxy) is 1. The molecule has 0 saturated heterocycles. The average Bonchev–Trinajstić information content (AvgIpc) is 2.01. The maximum absolute atomic E-state index is 5.79. The summed E-state index contributed by atoms with van der Waals surface area (Å²) in [6.45, 7) is 8.32. The lowest BCUT2D eigenvalue weighted by Crippen LogP contribution is -2.06. The van der Waals surface area contributed by atoms with Crippen molar-refractivity contribution in [2.75, 3.05) is 5.73 Å². The van der Waals surface area contributed by atoms with Crippen LogP contribution in [0.25, 0.3) is 0 Å². The Kier molecular flexibility index (Phi) is 3.39. The van der Waals surface area contributed by atoms with Crippen LogP contribution in [0.1, 0.15) is 39.2 Å². The van der Waals surface area contributed by atoms with Gasteiger partial charge in [0.1, 0.15) is 5.75 Å². The Morgan fingerprint density at radius 2 is 1.71 bits per heavy atom. The van der Waals surface area contributed by atoms with Crippen LogP contribution in [0, 0.1) is 0 Å². The molecule has 0 aliphatic rings. The van der Waals surface area contributed by atoms with E-state index in [1.807, 2.05) is 26.0 Å². The van der Waals surface area contributed by atoms with Crippen LogP contribution in [0.4, 0.5) is 5.69 Å². The summed E-state index contributed by atoms with van der Waals surface area (Å²) >= 11 is 0. The number of nitrogens with two attached hydrogens (primary N) is 1. The quantitative estimate of drug-likeness (QED) is 0.748. The number of anilines is 1. The molecule has 0 heterocycles. The van der Waals surface area contributed by atoms with E-state index in [1.165, 1.54) is 5.56 Å². The first-order valence-corrected chi connectivity index (χ1v) is 5.06. The molecule has 14 heavy (non-hydrogen) atoms. The van der Waals surface area contributed by atoms with Gasteiger partial charge >= 0.3 is 0 Å². The molecule has 0 spiro atoms. The van der Waals surface area contributed by atoms with Gasteiger partial charge in [-0.15, -0.1) is 0 Å². The lowest BCUT2D eigenvalue weighted by atomic mass is 10.0. The van der Waals surface area contributed by atoms with Gasteiger partial charge in [0.15, 0.2) is 0 Å². The Hall–Kier alpha value is -1.18. The third kappa shape index (κ3) is 2.95. The van der Waals surface area contributed by atoms with Crippen LogP contribution in [-0.2, 0) is 0 Å². The minimum atomic E-state index is 0.191. The molecule has 78 valence electrons. The summed E-state index contributed by atoms with van der Waals surface area (Å²) in [4.78, 5) is 0. The first kappa shape index (κ1) is 10.9. The fourth-order valence-corrected chi connectivity index (χ4v) is 1.32. The Morgan fingerprint density at radius 3 is 2.21 bits per heavy atom. The zero-order valence-electron chi connectivity index (χ0n) is 9.37. The van der Waals surface area contributed by atoms with Crippen molar-refractivity contribution >= 4 is 5.69 Å².